The molecule has 0 spiro atoms. The van der Waals surface area contributed by atoms with Crippen LogP contribution in [0.25, 0.3) is 0 Å². The molecule has 0 aromatic heterocycles. The van der Waals surface area contributed by atoms with Gasteiger partial charge in [0.15, 0.2) is 6.10 Å². The lowest BCUT2D eigenvalue weighted by molar-refractivity contribution is -0.385. The predicted molar refractivity (Wildman–Crippen MR) is 97.2 cm³/mol. The van der Waals surface area contributed by atoms with Crippen LogP contribution in [-0.4, -0.2) is 22.9 Å². The van der Waals surface area contributed by atoms with Crippen LogP contribution >= 0.6 is 11.6 Å². The number of amides is 1. The van der Waals surface area contributed by atoms with Gasteiger partial charge in [-0.05, 0) is 31.5 Å². The molecule has 0 radical (unpaired) electrons. The molecule has 1 amide bonds. The molecule has 7 nitrogen and oxygen atoms in total. The molecule has 2 aromatic rings. The lowest BCUT2D eigenvalue weighted by atomic mass is 10.1. The number of esters is 1. The van der Waals surface area contributed by atoms with Crippen LogP contribution < -0.4 is 5.32 Å². The highest BCUT2D eigenvalue weighted by molar-refractivity contribution is 6.31. The summed E-state index contributed by atoms with van der Waals surface area (Å²) in [5.74, 6) is -1.25. The van der Waals surface area contributed by atoms with Gasteiger partial charge < -0.3 is 10.1 Å². The van der Waals surface area contributed by atoms with Crippen molar-refractivity contribution in [1.82, 2.24) is 0 Å². The number of ether oxygens (including phenoxy) is 1. The number of nitrogens with one attached hydrogen (secondary N) is 1. The smallest absolute Gasteiger partial charge is 0.311 e. The maximum atomic E-state index is 12.2. The minimum Gasteiger partial charge on any atom is -0.452 e. The Morgan fingerprint density at radius 1 is 1.27 bits per heavy atom. The zero-order valence-corrected chi connectivity index (χ0v) is 14.9. The second kappa shape index (κ2) is 8.44. The Bertz CT molecular complexity index is 853. The number of carbonyl (C=O) groups excluding carboxylic acids is 2. The monoisotopic (exact) mass is 376 g/mol. The Morgan fingerprint density at radius 3 is 2.65 bits per heavy atom. The van der Waals surface area contributed by atoms with Gasteiger partial charge in [0, 0.05) is 22.3 Å². The van der Waals surface area contributed by atoms with Gasteiger partial charge in [0.25, 0.3) is 11.6 Å². The number of hydrogen-bond acceptors (Lipinski definition) is 5. The maximum absolute atomic E-state index is 12.2. The van der Waals surface area contributed by atoms with E-state index in [0.29, 0.717) is 10.7 Å². The SMILES string of the molecule is Cc1ccc(Cl)cc1NC(=O)C(C)OC(=O)Cc1ccccc1[N+](=O)[O-]. The summed E-state index contributed by atoms with van der Waals surface area (Å²) in [5.41, 5.74) is 1.38. The van der Waals surface area contributed by atoms with E-state index in [9.17, 15) is 19.7 Å². The third-order valence-corrected chi connectivity index (χ3v) is 3.89. The molecule has 136 valence electrons. The van der Waals surface area contributed by atoms with Crippen molar-refractivity contribution in [2.75, 3.05) is 5.32 Å². The Labute approximate surface area is 155 Å². The molecule has 1 unspecified atom stereocenters. The first-order valence-electron chi connectivity index (χ1n) is 7.76. The normalized spacial score (nSPS) is 11.5. The van der Waals surface area contributed by atoms with Gasteiger partial charge in [-0.1, -0.05) is 35.9 Å². The molecule has 0 fully saturated rings. The number of halogens is 1. The quantitative estimate of drug-likeness (QED) is 0.471. The minimum atomic E-state index is -1.07. The van der Waals surface area contributed by atoms with Crippen molar-refractivity contribution in [2.45, 2.75) is 26.4 Å². The number of anilines is 1. The second-order valence-electron chi connectivity index (χ2n) is 5.64. The van der Waals surface area contributed by atoms with Gasteiger partial charge in [-0.3, -0.25) is 19.7 Å². The lowest BCUT2D eigenvalue weighted by Gasteiger charge is -2.15. The number of hydrogen-bond donors (Lipinski definition) is 1. The zero-order chi connectivity index (χ0) is 19.3. The standard InChI is InChI=1S/C18H17ClN2O5/c1-11-7-8-14(19)10-15(11)20-18(23)12(2)26-17(22)9-13-5-3-4-6-16(13)21(24)25/h3-8,10,12H,9H2,1-2H3,(H,20,23). The first-order valence-corrected chi connectivity index (χ1v) is 8.14. The molecule has 0 heterocycles. The van der Waals surface area contributed by atoms with E-state index >= 15 is 0 Å². The minimum absolute atomic E-state index is 0.170. The average Bonchev–Trinajstić information content (AvgIpc) is 2.58. The Hall–Kier alpha value is -2.93. The first kappa shape index (κ1) is 19.4. The van der Waals surface area contributed by atoms with Gasteiger partial charge >= 0.3 is 5.97 Å². The van der Waals surface area contributed by atoms with E-state index in [4.69, 9.17) is 16.3 Å². The highest BCUT2D eigenvalue weighted by atomic mass is 35.5. The summed E-state index contributed by atoms with van der Waals surface area (Å²) in [6.45, 7) is 3.23. The number of benzene rings is 2. The molecule has 0 bridgehead atoms. The van der Waals surface area contributed by atoms with E-state index < -0.39 is 22.9 Å². The summed E-state index contributed by atoms with van der Waals surface area (Å²) in [7, 11) is 0. The fraction of sp³-hybridized carbons (Fsp3) is 0.222. The van der Waals surface area contributed by atoms with Crippen molar-refractivity contribution in [3.8, 4) is 0 Å². The van der Waals surface area contributed by atoms with Crippen LogP contribution in [0.3, 0.4) is 0 Å². The predicted octanol–water partition coefficient (Wildman–Crippen LogP) is 3.67. The summed E-state index contributed by atoms with van der Waals surface area (Å²) in [6.07, 6.45) is -1.37. The van der Waals surface area contributed by atoms with Crippen molar-refractivity contribution in [3.63, 3.8) is 0 Å². The van der Waals surface area contributed by atoms with Crippen LogP contribution in [0.4, 0.5) is 11.4 Å². The molecular weight excluding hydrogens is 360 g/mol. The van der Waals surface area contributed by atoms with Crippen molar-refractivity contribution < 1.29 is 19.2 Å². The van der Waals surface area contributed by atoms with E-state index in [1.807, 2.05) is 0 Å². The van der Waals surface area contributed by atoms with E-state index in [1.165, 1.54) is 25.1 Å². The van der Waals surface area contributed by atoms with Gasteiger partial charge in [-0.25, -0.2) is 0 Å². The number of carbonyl (C=O) groups is 2. The van der Waals surface area contributed by atoms with Crippen LogP contribution in [0.5, 0.6) is 0 Å². The van der Waals surface area contributed by atoms with Crippen LogP contribution in [0.15, 0.2) is 42.5 Å². The topological polar surface area (TPSA) is 98.5 Å². The molecule has 26 heavy (non-hydrogen) atoms. The maximum Gasteiger partial charge on any atom is 0.311 e. The summed E-state index contributed by atoms with van der Waals surface area (Å²) < 4.78 is 5.09. The molecule has 2 rings (SSSR count). The number of rotatable bonds is 6. The van der Waals surface area contributed by atoms with Crippen molar-refractivity contribution >= 4 is 34.9 Å². The molecule has 0 aliphatic rings. The van der Waals surface area contributed by atoms with Crippen LogP contribution in [0, 0.1) is 17.0 Å². The molecule has 1 N–H and O–H groups in total. The number of nitrogens with zero attached hydrogens (tertiary/aromatic N) is 1. The molecule has 0 saturated carbocycles. The van der Waals surface area contributed by atoms with Crippen molar-refractivity contribution in [1.29, 1.82) is 0 Å². The molecule has 0 aliphatic heterocycles. The Kier molecular flexibility index (Phi) is 6.30. The molecule has 0 aliphatic carbocycles. The van der Waals surface area contributed by atoms with Gasteiger partial charge in [0.1, 0.15) is 0 Å². The second-order valence-corrected chi connectivity index (χ2v) is 6.08. The number of nitro groups is 1. The fourth-order valence-electron chi connectivity index (χ4n) is 2.25. The summed E-state index contributed by atoms with van der Waals surface area (Å²) >= 11 is 5.90. The Balaban J connectivity index is 1.99. The van der Waals surface area contributed by atoms with Crippen molar-refractivity contribution in [3.05, 3.63) is 68.7 Å². The van der Waals surface area contributed by atoms with Gasteiger partial charge in [0.2, 0.25) is 0 Å². The first-order chi connectivity index (χ1) is 12.3. The average molecular weight is 377 g/mol. The molecule has 1 atom stereocenters. The van der Waals surface area contributed by atoms with Crippen LogP contribution in [-0.2, 0) is 20.7 Å². The third kappa shape index (κ3) is 5.03. The molecule has 2 aromatic carbocycles. The highest BCUT2D eigenvalue weighted by Gasteiger charge is 2.21. The molecule has 0 saturated heterocycles. The van der Waals surface area contributed by atoms with Crippen molar-refractivity contribution in [2.24, 2.45) is 0 Å². The van der Waals surface area contributed by atoms with E-state index in [2.05, 4.69) is 5.32 Å². The van der Waals surface area contributed by atoms with E-state index in [1.54, 1.807) is 31.2 Å². The largest absolute Gasteiger partial charge is 0.452 e. The zero-order valence-electron chi connectivity index (χ0n) is 14.2. The van der Waals surface area contributed by atoms with E-state index in [-0.39, 0.29) is 17.7 Å². The lowest BCUT2D eigenvalue weighted by Crippen LogP contribution is -2.30. The van der Waals surface area contributed by atoms with E-state index in [0.717, 1.165) is 5.56 Å². The third-order valence-electron chi connectivity index (χ3n) is 3.66. The molecular formula is C18H17ClN2O5. The summed E-state index contributed by atoms with van der Waals surface area (Å²) in [5, 5.41) is 14.1. The van der Waals surface area contributed by atoms with Gasteiger partial charge in [-0.15, -0.1) is 0 Å². The summed E-state index contributed by atoms with van der Waals surface area (Å²) in [6, 6.07) is 10.9. The molecule has 8 heteroatoms. The van der Waals surface area contributed by atoms with Gasteiger partial charge in [-0.2, -0.15) is 0 Å². The Morgan fingerprint density at radius 2 is 1.96 bits per heavy atom. The van der Waals surface area contributed by atoms with Crippen LogP contribution in [0.1, 0.15) is 18.1 Å². The number of para-hydroxylation sites is 1. The van der Waals surface area contributed by atoms with Gasteiger partial charge in [0.05, 0.1) is 11.3 Å². The highest BCUT2D eigenvalue weighted by Crippen LogP contribution is 2.21. The summed E-state index contributed by atoms with van der Waals surface area (Å²) in [4.78, 5) is 34.6. The van der Waals surface area contributed by atoms with Crippen LogP contribution in [0.2, 0.25) is 5.02 Å². The number of aryl methyl sites for hydroxylation is 1. The fourth-order valence-corrected chi connectivity index (χ4v) is 2.42. The number of nitro benzene ring substituents is 1.